The van der Waals surface area contributed by atoms with Crippen LogP contribution < -0.4 is 10.6 Å². The molecule has 0 radical (unpaired) electrons. The second-order valence-corrected chi connectivity index (χ2v) is 6.65. The van der Waals surface area contributed by atoms with Gasteiger partial charge in [-0.3, -0.25) is 4.79 Å². The van der Waals surface area contributed by atoms with E-state index in [9.17, 15) is 9.59 Å². The zero-order chi connectivity index (χ0) is 17.1. The van der Waals surface area contributed by atoms with Gasteiger partial charge >= 0.3 is 6.09 Å². The average molecular weight is 338 g/mol. The lowest BCUT2D eigenvalue weighted by Crippen LogP contribution is -2.45. The number of alkyl carbamates (subject to hydrolysis) is 1. The van der Waals surface area contributed by atoms with Crippen LogP contribution in [0.3, 0.4) is 0 Å². The highest BCUT2D eigenvalue weighted by Crippen LogP contribution is 2.16. The first kappa shape index (κ1) is 19.4. The number of amides is 2. The number of carbonyl (C=O) groups excluding carboxylic acids is 2. The minimum atomic E-state index is -0.439. The first-order valence-electron chi connectivity index (χ1n) is 7.89. The Bertz CT molecular complexity index is 480. The Labute approximate surface area is 142 Å². The molecule has 1 atom stereocenters. The maximum atomic E-state index is 11.9. The summed E-state index contributed by atoms with van der Waals surface area (Å²) in [5.41, 5.74) is 0. The number of hydrogen-bond donors (Lipinski definition) is 2. The van der Waals surface area contributed by atoms with Gasteiger partial charge in [-0.1, -0.05) is 32.0 Å². The van der Waals surface area contributed by atoms with Gasteiger partial charge in [-0.25, -0.2) is 4.79 Å². The van der Waals surface area contributed by atoms with Crippen LogP contribution in [0.5, 0.6) is 0 Å². The molecule has 0 aromatic heterocycles. The highest BCUT2D eigenvalue weighted by molar-refractivity contribution is 8.00. The van der Waals surface area contributed by atoms with Crippen molar-refractivity contribution in [2.24, 2.45) is 5.92 Å². The summed E-state index contributed by atoms with van der Waals surface area (Å²) in [7, 11) is 0. The van der Waals surface area contributed by atoms with Crippen LogP contribution in [0.2, 0.25) is 0 Å². The minimum absolute atomic E-state index is 0.0433. The summed E-state index contributed by atoms with van der Waals surface area (Å²) in [6.07, 6.45) is 0.344. The monoisotopic (exact) mass is 338 g/mol. The standard InChI is InChI=1S/C17H26N2O3S/c1-4-22-17(21)19-14(10-13(2)3)11-18-16(20)12-23-15-8-6-5-7-9-15/h5-9,13-14H,4,10-12H2,1-3H3,(H,18,20)(H,19,21)/t14-/m1/s1. The van der Waals surface area contributed by atoms with Crippen molar-refractivity contribution in [3.8, 4) is 0 Å². The summed E-state index contributed by atoms with van der Waals surface area (Å²) in [5.74, 6) is 0.730. The number of benzene rings is 1. The smallest absolute Gasteiger partial charge is 0.407 e. The van der Waals surface area contributed by atoms with Crippen molar-refractivity contribution in [2.75, 3.05) is 18.9 Å². The fraction of sp³-hybridized carbons (Fsp3) is 0.529. The number of thioether (sulfide) groups is 1. The Morgan fingerprint density at radius 1 is 1.22 bits per heavy atom. The Balaban J connectivity index is 2.37. The van der Waals surface area contributed by atoms with Gasteiger partial charge in [0.15, 0.2) is 0 Å². The molecule has 23 heavy (non-hydrogen) atoms. The molecule has 0 spiro atoms. The largest absolute Gasteiger partial charge is 0.450 e. The maximum absolute atomic E-state index is 11.9. The molecule has 5 nitrogen and oxygen atoms in total. The fourth-order valence-electron chi connectivity index (χ4n) is 2.06. The summed E-state index contributed by atoms with van der Waals surface area (Å²) >= 11 is 1.49. The van der Waals surface area contributed by atoms with Gasteiger partial charge in [-0.2, -0.15) is 0 Å². The molecule has 1 aromatic carbocycles. The molecule has 0 aliphatic carbocycles. The van der Waals surface area contributed by atoms with Crippen LogP contribution in [0, 0.1) is 5.92 Å². The summed E-state index contributed by atoms with van der Waals surface area (Å²) in [6, 6.07) is 9.66. The number of ether oxygens (including phenoxy) is 1. The van der Waals surface area contributed by atoms with Crippen LogP contribution in [0.1, 0.15) is 27.2 Å². The van der Waals surface area contributed by atoms with E-state index in [2.05, 4.69) is 24.5 Å². The quantitative estimate of drug-likeness (QED) is 0.679. The topological polar surface area (TPSA) is 67.4 Å². The van der Waals surface area contributed by atoms with Crippen LogP contribution in [0.25, 0.3) is 0 Å². The van der Waals surface area contributed by atoms with Crippen molar-refractivity contribution in [1.29, 1.82) is 0 Å². The fourth-order valence-corrected chi connectivity index (χ4v) is 2.80. The van der Waals surface area contributed by atoms with E-state index in [4.69, 9.17) is 4.74 Å². The third-order valence-electron chi connectivity index (χ3n) is 3.01. The van der Waals surface area contributed by atoms with E-state index < -0.39 is 6.09 Å². The molecule has 2 N–H and O–H groups in total. The number of rotatable bonds is 9. The molecule has 6 heteroatoms. The van der Waals surface area contributed by atoms with Crippen molar-refractivity contribution >= 4 is 23.8 Å². The van der Waals surface area contributed by atoms with Gasteiger partial charge in [0.05, 0.1) is 12.4 Å². The summed E-state index contributed by atoms with van der Waals surface area (Å²) in [4.78, 5) is 24.5. The van der Waals surface area contributed by atoms with Crippen LogP contribution in [-0.4, -0.2) is 36.9 Å². The lowest BCUT2D eigenvalue weighted by Gasteiger charge is -2.20. The SMILES string of the molecule is CCOC(=O)N[C@@H](CNC(=O)CSc1ccccc1)CC(C)C. The lowest BCUT2D eigenvalue weighted by atomic mass is 10.0. The Hall–Kier alpha value is -1.69. The predicted molar refractivity (Wildman–Crippen MR) is 93.6 cm³/mol. The van der Waals surface area contributed by atoms with E-state index in [0.717, 1.165) is 11.3 Å². The summed E-state index contributed by atoms with van der Waals surface area (Å²) in [6.45, 7) is 6.66. The second-order valence-electron chi connectivity index (χ2n) is 5.60. The van der Waals surface area contributed by atoms with Gasteiger partial charge in [0.2, 0.25) is 5.91 Å². The second kappa shape index (κ2) is 10.9. The number of carbonyl (C=O) groups is 2. The molecule has 0 saturated heterocycles. The molecule has 1 aromatic rings. The zero-order valence-corrected chi connectivity index (χ0v) is 14.8. The van der Waals surface area contributed by atoms with E-state index in [0.29, 0.717) is 24.8 Å². The third-order valence-corrected chi connectivity index (χ3v) is 4.02. The Kier molecular flexibility index (Phi) is 9.21. The van der Waals surface area contributed by atoms with Crippen molar-refractivity contribution in [3.63, 3.8) is 0 Å². The predicted octanol–water partition coefficient (Wildman–Crippen LogP) is 3.06. The van der Waals surface area contributed by atoms with E-state index in [1.165, 1.54) is 11.8 Å². The lowest BCUT2D eigenvalue weighted by molar-refractivity contribution is -0.118. The van der Waals surface area contributed by atoms with E-state index >= 15 is 0 Å². The Morgan fingerprint density at radius 2 is 1.91 bits per heavy atom. The highest BCUT2D eigenvalue weighted by atomic mass is 32.2. The van der Waals surface area contributed by atoms with E-state index in [1.54, 1.807) is 6.92 Å². The van der Waals surface area contributed by atoms with E-state index in [1.807, 2.05) is 30.3 Å². The van der Waals surface area contributed by atoms with Crippen molar-refractivity contribution < 1.29 is 14.3 Å². The van der Waals surface area contributed by atoms with Gasteiger partial charge in [0.1, 0.15) is 0 Å². The molecule has 2 amide bonds. The average Bonchev–Trinajstić information content (AvgIpc) is 2.51. The van der Waals surface area contributed by atoms with Gasteiger partial charge in [-0.15, -0.1) is 11.8 Å². The minimum Gasteiger partial charge on any atom is -0.450 e. The molecule has 0 aliphatic rings. The first-order valence-corrected chi connectivity index (χ1v) is 8.87. The third kappa shape index (κ3) is 9.13. The van der Waals surface area contributed by atoms with Crippen molar-refractivity contribution in [1.82, 2.24) is 10.6 Å². The normalized spacial score (nSPS) is 11.8. The molecule has 0 heterocycles. The van der Waals surface area contributed by atoms with Gasteiger partial charge in [-0.05, 0) is 31.4 Å². The molecule has 0 saturated carbocycles. The van der Waals surface area contributed by atoms with Crippen LogP contribution in [0.15, 0.2) is 35.2 Å². The summed E-state index contributed by atoms with van der Waals surface area (Å²) < 4.78 is 4.90. The Morgan fingerprint density at radius 3 is 2.52 bits per heavy atom. The van der Waals surface area contributed by atoms with E-state index in [-0.39, 0.29) is 11.9 Å². The summed E-state index contributed by atoms with van der Waals surface area (Å²) in [5, 5.41) is 5.67. The molecular formula is C17H26N2O3S. The maximum Gasteiger partial charge on any atom is 0.407 e. The highest BCUT2D eigenvalue weighted by Gasteiger charge is 2.15. The van der Waals surface area contributed by atoms with Gasteiger partial charge in [0, 0.05) is 17.5 Å². The van der Waals surface area contributed by atoms with Crippen LogP contribution in [-0.2, 0) is 9.53 Å². The molecule has 128 valence electrons. The number of hydrogen-bond acceptors (Lipinski definition) is 4. The molecular weight excluding hydrogens is 312 g/mol. The molecule has 1 rings (SSSR count). The van der Waals surface area contributed by atoms with Gasteiger partial charge in [0.25, 0.3) is 0 Å². The molecule has 0 bridgehead atoms. The van der Waals surface area contributed by atoms with Crippen molar-refractivity contribution in [3.05, 3.63) is 30.3 Å². The number of nitrogens with one attached hydrogen (secondary N) is 2. The molecule has 0 unspecified atom stereocenters. The zero-order valence-electron chi connectivity index (χ0n) is 14.0. The van der Waals surface area contributed by atoms with Crippen molar-refractivity contribution in [2.45, 2.75) is 38.1 Å². The first-order chi connectivity index (χ1) is 11.0. The van der Waals surface area contributed by atoms with Gasteiger partial charge < -0.3 is 15.4 Å². The molecule has 0 aliphatic heterocycles. The van der Waals surface area contributed by atoms with Crippen LogP contribution >= 0.6 is 11.8 Å². The van der Waals surface area contributed by atoms with Crippen LogP contribution in [0.4, 0.5) is 4.79 Å². The molecule has 0 fully saturated rings.